The third-order valence-electron chi connectivity index (χ3n) is 5.05. The fourth-order valence-electron chi connectivity index (χ4n) is 3.35. The average molecular weight is 432 g/mol. The Labute approximate surface area is 185 Å². The van der Waals surface area contributed by atoms with Crippen molar-refractivity contribution in [2.45, 2.75) is 20.3 Å². The molecular formula is C23H24N6O3. The number of nitrogens with zero attached hydrogens (tertiary/aromatic N) is 3. The van der Waals surface area contributed by atoms with E-state index in [1.54, 1.807) is 18.5 Å². The van der Waals surface area contributed by atoms with Crippen LogP contribution in [0.25, 0.3) is 11.3 Å². The summed E-state index contributed by atoms with van der Waals surface area (Å²) < 4.78 is 5.90. The van der Waals surface area contributed by atoms with E-state index in [0.717, 1.165) is 22.6 Å². The number of hydrogen-bond acceptors (Lipinski definition) is 6. The molecule has 0 saturated carbocycles. The zero-order valence-electron chi connectivity index (χ0n) is 17.9. The lowest BCUT2D eigenvalue weighted by molar-refractivity contribution is -0.119. The van der Waals surface area contributed by atoms with Crippen LogP contribution in [0.4, 0.5) is 16.3 Å². The Kier molecular flexibility index (Phi) is 6.25. The van der Waals surface area contributed by atoms with E-state index in [9.17, 15) is 9.59 Å². The molecule has 164 valence electrons. The third-order valence-corrected chi connectivity index (χ3v) is 5.05. The number of carbonyl (C=O) groups excluding carboxylic acids is 2. The number of rotatable bonds is 6. The lowest BCUT2D eigenvalue weighted by Gasteiger charge is -2.13. The number of urea groups is 1. The van der Waals surface area contributed by atoms with Crippen LogP contribution in [0.15, 0.2) is 48.9 Å². The molecule has 1 aliphatic heterocycles. The Morgan fingerprint density at radius 3 is 2.75 bits per heavy atom. The molecule has 32 heavy (non-hydrogen) atoms. The summed E-state index contributed by atoms with van der Waals surface area (Å²) in [5.41, 5.74) is 3.88. The van der Waals surface area contributed by atoms with Gasteiger partial charge in [-0.2, -0.15) is 0 Å². The standard InChI is InChI=1S/C23H24N6O3/c1-14-7-17(4-6-20(14)32-13-16-8-22(30)26-9-16)19-11-24-12-21(28-19)29-23(31)27-18-5-3-15(2)25-10-18/h3-7,10-12,16H,8-9,13H2,1-2H3,(H,26,30)(H2,27,28,29,31)/t16-/m0/s1. The highest BCUT2D eigenvalue weighted by atomic mass is 16.5. The summed E-state index contributed by atoms with van der Waals surface area (Å²) in [5, 5.41) is 8.21. The molecule has 0 spiro atoms. The van der Waals surface area contributed by atoms with Gasteiger partial charge in [0.25, 0.3) is 0 Å². The van der Waals surface area contributed by atoms with Crippen LogP contribution in [-0.2, 0) is 4.79 Å². The molecule has 0 bridgehead atoms. The second-order valence-electron chi connectivity index (χ2n) is 7.72. The highest BCUT2D eigenvalue weighted by molar-refractivity contribution is 5.99. The van der Waals surface area contributed by atoms with Crippen molar-refractivity contribution in [1.29, 1.82) is 0 Å². The maximum atomic E-state index is 12.3. The van der Waals surface area contributed by atoms with E-state index in [-0.39, 0.29) is 11.8 Å². The molecule has 4 rings (SSSR count). The Balaban J connectivity index is 1.39. The smallest absolute Gasteiger partial charge is 0.324 e. The molecule has 9 nitrogen and oxygen atoms in total. The van der Waals surface area contributed by atoms with Gasteiger partial charge in [0.2, 0.25) is 5.91 Å². The van der Waals surface area contributed by atoms with E-state index in [0.29, 0.717) is 36.8 Å². The minimum absolute atomic E-state index is 0.0712. The van der Waals surface area contributed by atoms with Crippen LogP contribution < -0.4 is 20.7 Å². The number of aryl methyl sites for hydroxylation is 2. The minimum atomic E-state index is -0.429. The van der Waals surface area contributed by atoms with Gasteiger partial charge < -0.3 is 15.4 Å². The number of anilines is 2. The number of aromatic nitrogens is 3. The predicted molar refractivity (Wildman–Crippen MR) is 120 cm³/mol. The Morgan fingerprint density at radius 1 is 1.16 bits per heavy atom. The molecule has 2 aromatic heterocycles. The number of amides is 3. The monoisotopic (exact) mass is 432 g/mol. The number of hydrogen-bond donors (Lipinski definition) is 3. The molecule has 3 N–H and O–H groups in total. The lowest BCUT2D eigenvalue weighted by Crippen LogP contribution is -2.20. The van der Waals surface area contributed by atoms with Crippen LogP contribution >= 0.6 is 0 Å². The van der Waals surface area contributed by atoms with Crippen LogP contribution in [0.2, 0.25) is 0 Å². The van der Waals surface area contributed by atoms with Crippen LogP contribution in [0, 0.1) is 19.8 Å². The molecule has 0 aliphatic carbocycles. The quantitative estimate of drug-likeness (QED) is 0.550. The molecule has 1 aliphatic rings. The van der Waals surface area contributed by atoms with Gasteiger partial charge in [0.15, 0.2) is 5.82 Å². The first-order chi connectivity index (χ1) is 15.5. The van der Waals surface area contributed by atoms with E-state index >= 15 is 0 Å². The molecule has 1 saturated heterocycles. The van der Waals surface area contributed by atoms with Crippen LogP contribution in [0.5, 0.6) is 5.75 Å². The van der Waals surface area contributed by atoms with Crippen molar-refractivity contribution in [3.8, 4) is 17.0 Å². The first-order valence-corrected chi connectivity index (χ1v) is 10.3. The summed E-state index contributed by atoms with van der Waals surface area (Å²) in [7, 11) is 0. The second-order valence-corrected chi connectivity index (χ2v) is 7.72. The number of carbonyl (C=O) groups is 2. The minimum Gasteiger partial charge on any atom is -0.493 e. The summed E-state index contributed by atoms with van der Waals surface area (Å²) in [6.07, 6.45) is 5.21. The lowest BCUT2D eigenvalue weighted by atomic mass is 10.1. The number of nitrogens with one attached hydrogen (secondary N) is 3. The van der Waals surface area contributed by atoms with Gasteiger partial charge in [-0.3, -0.25) is 20.1 Å². The third kappa shape index (κ3) is 5.37. The van der Waals surface area contributed by atoms with Gasteiger partial charge in [-0.1, -0.05) is 0 Å². The molecular weight excluding hydrogens is 408 g/mol. The summed E-state index contributed by atoms with van der Waals surface area (Å²) in [6, 6.07) is 8.90. The number of benzene rings is 1. The Bertz CT molecular complexity index is 1130. The van der Waals surface area contributed by atoms with Crippen LogP contribution in [0.1, 0.15) is 17.7 Å². The summed E-state index contributed by atoms with van der Waals surface area (Å²) >= 11 is 0. The maximum Gasteiger partial charge on any atom is 0.324 e. The molecule has 1 aromatic carbocycles. The second kappa shape index (κ2) is 9.42. The van der Waals surface area contributed by atoms with Gasteiger partial charge in [-0.05, 0) is 49.7 Å². The first kappa shape index (κ1) is 21.2. The van der Waals surface area contributed by atoms with E-state index < -0.39 is 6.03 Å². The van der Waals surface area contributed by atoms with Gasteiger partial charge in [-0.25, -0.2) is 9.78 Å². The molecule has 9 heteroatoms. The Morgan fingerprint density at radius 2 is 2.03 bits per heavy atom. The fourth-order valence-corrected chi connectivity index (χ4v) is 3.35. The van der Waals surface area contributed by atoms with Crippen molar-refractivity contribution in [3.63, 3.8) is 0 Å². The highest BCUT2D eigenvalue weighted by Crippen LogP contribution is 2.26. The van der Waals surface area contributed by atoms with Crippen molar-refractivity contribution >= 4 is 23.4 Å². The summed E-state index contributed by atoms with van der Waals surface area (Å²) in [4.78, 5) is 36.4. The normalized spacial score (nSPS) is 15.2. The van der Waals surface area contributed by atoms with E-state index in [4.69, 9.17) is 4.74 Å². The van der Waals surface area contributed by atoms with Crippen molar-refractivity contribution in [3.05, 3.63) is 60.2 Å². The number of ether oxygens (including phenoxy) is 1. The maximum absolute atomic E-state index is 12.3. The van der Waals surface area contributed by atoms with E-state index in [2.05, 4.69) is 30.9 Å². The van der Waals surface area contributed by atoms with E-state index in [1.807, 2.05) is 38.1 Å². The van der Waals surface area contributed by atoms with Crippen molar-refractivity contribution in [1.82, 2.24) is 20.3 Å². The summed E-state index contributed by atoms with van der Waals surface area (Å²) in [5.74, 6) is 1.36. The number of pyridine rings is 1. The molecule has 1 fully saturated rings. The molecule has 0 radical (unpaired) electrons. The van der Waals surface area contributed by atoms with E-state index in [1.165, 1.54) is 6.20 Å². The molecule has 3 amide bonds. The zero-order valence-corrected chi connectivity index (χ0v) is 17.9. The topological polar surface area (TPSA) is 118 Å². The van der Waals surface area contributed by atoms with Crippen molar-refractivity contribution in [2.75, 3.05) is 23.8 Å². The van der Waals surface area contributed by atoms with Gasteiger partial charge >= 0.3 is 6.03 Å². The SMILES string of the molecule is Cc1ccc(NC(=O)Nc2cncc(-c3ccc(OC[C@@H]4CNC(=O)C4)c(C)c3)n2)cn1. The highest BCUT2D eigenvalue weighted by Gasteiger charge is 2.22. The molecule has 0 unspecified atom stereocenters. The van der Waals surface area contributed by atoms with Gasteiger partial charge in [-0.15, -0.1) is 0 Å². The van der Waals surface area contributed by atoms with Crippen molar-refractivity contribution in [2.24, 2.45) is 5.92 Å². The largest absolute Gasteiger partial charge is 0.493 e. The Hall–Kier alpha value is -4.01. The molecule has 3 heterocycles. The van der Waals surface area contributed by atoms with Crippen LogP contribution in [-0.4, -0.2) is 40.0 Å². The van der Waals surface area contributed by atoms with Gasteiger partial charge in [0.1, 0.15) is 5.75 Å². The van der Waals surface area contributed by atoms with Gasteiger partial charge in [0, 0.05) is 30.1 Å². The zero-order chi connectivity index (χ0) is 22.5. The average Bonchev–Trinajstić information content (AvgIpc) is 3.19. The molecule has 1 atom stereocenters. The predicted octanol–water partition coefficient (Wildman–Crippen LogP) is 3.31. The summed E-state index contributed by atoms with van der Waals surface area (Å²) in [6.45, 7) is 4.97. The van der Waals surface area contributed by atoms with Gasteiger partial charge in [0.05, 0.1) is 36.6 Å². The van der Waals surface area contributed by atoms with Crippen LogP contribution in [0.3, 0.4) is 0 Å². The molecule has 3 aromatic rings. The van der Waals surface area contributed by atoms with Crippen molar-refractivity contribution < 1.29 is 14.3 Å². The first-order valence-electron chi connectivity index (χ1n) is 10.3. The fraction of sp³-hybridized carbons (Fsp3) is 0.261.